The predicted molar refractivity (Wildman–Crippen MR) is 93.2 cm³/mol. The lowest BCUT2D eigenvalue weighted by molar-refractivity contribution is 0.0932. The van der Waals surface area contributed by atoms with Crippen LogP contribution in [-0.2, 0) is 13.1 Å². The first-order valence-electron chi connectivity index (χ1n) is 8.35. The van der Waals surface area contributed by atoms with Crippen molar-refractivity contribution >= 4 is 5.91 Å². The fourth-order valence-electron chi connectivity index (χ4n) is 2.68. The highest BCUT2D eigenvalue weighted by atomic mass is 16.2. The van der Waals surface area contributed by atoms with E-state index in [1.54, 1.807) is 12.3 Å². The largest absolute Gasteiger partial charge is 0.348 e. The summed E-state index contributed by atoms with van der Waals surface area (Å²) < 4.78 is 3.74. The van der Waals surface area contributed by atoms with E-state index in [-0.39, 0.29) is 11.9 Å². The Morgan fingerprint density at radius 3 is 2.88 bits per heavy atom. The van der Waals surface area contributed by atoms with Gasteiger partial charge in [-0.3, -0.25) is 19.3 Å². The molecule has 0 radical (unpaired) electrons. The predicted octanol–water partition coefficient (Wildman–Crippen LogP) is 1.68. The highest BCUT2D eigenvalue weighted by molar-refractivity contribution is 5.92. The third-order valence-corrected chi connectivity index (χ3v) is 4.01. The number of nitrogens with zero attached hydrogens (tertiary/aromatic N) is 5. The normalized spacial score (nSPS) is 12.3. The number of nitrogens with one attached hydrogen (secondary N) is 2. The number of amides is 1. The van der Waals surface area contributed by atoms with Gasteiger partial charge in [-0.1, -0.05) is 0 Å². The van der Waals surface area contributed by atoms with Crippen molar-refractivity contribution in [2.24, 2.45) is 0 Å². The zero-order chi connectivity index (χ0) is 17.8. The standard InChI is InChI=1S/C17H23N7O/c1-12(5-8-23-7-4-6-18-23)19-17(25)16-10-15(20-21-16)11-24-14(3)9-13(2)22-24/h4,6-7,9-10,12H,5,8,11H2,1-3H3,(H,19,25)(H,20,21)/t12-/m0/s1. The van der Waals surface area contributed by atoms with E-state index in [2.05, 4.69) is 25.7 Å². The van der Waals surface area contributed by atoms with Crippen molar-refractivity contribution in [3.8, 4) is 0 Å². The number of rotatable bonds is 7. The molecule has 3 aromatic rings. The second-order valence-corrected chi connectivity index (χ2v) is 6.30. The van der Waals surface area contributed by atoms with Gasteiger partial charge in [0, 0.05) is 30.7 Å². The number of carbonyl (C=O) groups excluding carboxylic acids is 1. The molecule has 0 saturated heterocycles. The molecule has 0 bridgehead atoms. The Morgan fingerprint density at radius 2 is 2.20 bits per heavy atom. The molecule has 0 saturated carbocycles. The Bertz CT molecular complexity index is 831. The number of hydrogen-bond donors (Lipinski definition) is 2. The van der Waals surface area contributed by atoms with Crippen LogP contribution in [0.5, 0.6) is 0 Å². The quantitative estimate of drug-likeness (QED) is 0.684. The number of H-pyrrole nitrogens is 1. The second-order valence-electron chi connectivity index (χ2n) is 6.30. The van der Waals surface area contributed by atoms with E-state index in [9.17, 15) is 4.79 Å². The van der Waals surface area contributed by atoms with Crippen molar-refractivity contribution < 1.29 is 4.79 Å². The number of aryl methyl sites for hydroxylation is 3. The van der Waals surface area contributed by atoms with Gasteiger partial charge in [-0.25, -0.2) is 0 Å². The van der Waals surface area contributed by atoms with Gasteiger partial charge in [-0.15, -0.1) is 0 Å². The average Bonchev–Trinajstić information content (AvgIpc) is 3.28. The average molecular weight is 341 g/mol. The Kier molecular flexibility index (Phi) is 4.97. The van der Waals surface area contributed by atoms with Gasteiger partial charge in [0.1, 0.15) is 5.69 Å². The van der Waals surface area contributed by atoms with Crippen LogP contribution in [0.15, 0.2) is 30.6 Å². The van der Waals surface area contributed by atoms with E-state index in [0.717, 1.165) is 30.0 Å². The first kappa shape index (κ1) is 16.9. The summed E-state index contributed by atoms with van der Waals surface area (Å²) in [6, 6.07) is 5.71. The molecule has 8 heteroatoms. The molecule has 25 heavy (non-hydrogen) atoms. The Labute approximate surface area is 146 Å². The minimum Gasteiger partial charge on any atom is -0.348 e. The molecule has 2 N–H and O–H groups in total. The molecule has 0 aliphatic heterocycles. The van der Waals surface area contributed by atoms with Crippen molar-refractivity contribution in [3.05, 3.63) is 53.4 Å². The number of hydrogen-bond acceptors (Lipinski definition) is 4. The smallest absolute Gasteiger partial charge is 0.271 e. The van der Waals surface area contributed by atoms with Crippen molar-refractivity contribution in [2.45, 2.75) is 46.3 Å². The van der Waals surface area contributed by atoms with Crippen molar-refractivity contribution in [1.82, 2.24) is 35.1 Å². The number of carbonyl (C=O) groups is 1. The van der Waals surface area contributed by atoms with Crippen molar-refractivity contribution in [2.75, 3.05) is 0 Å². The summed E-state index contributed by atoms with van der Waals surface area (Å²) >= 11 is 0. The van der Waals surface area contributed by atoms with Gasteiger partial charge in [-0.2, -0.15) is 15.3 Å². The summed E-state index contributed by atoms with van der Waals surface area (Å²) in [5, 5.41) is 18.6. The Hall–Kier alpha value is -2.90. The third kappa shape index (κ3) is 4.34. The maximum atomic E-state index is 12.3. The summed E-state index contributed by atoms with van der Waals surface area (Å²) in [4.78, 5) is 12.3. The summed E-state index contributed by atoms with van der Waals surface area (Å²) in [6.07, 6.45) is 4.46. The molecular formula is C17H23N7O. The lowest BCUT2D eigenvalue weighted by Gasteiger charge is -2.12. The van der Waals surface area contributed by atoms with Gasteiger partial charge in [0.15, 0.2) is 0 Å². The molecule has 0 unspecified atom stereocenters. The van der Waals surface area contributed by atoms with E-state index in [1.165, 1.54) is 0 Å². The topological polar surface area (TPSA) is 93.4 Å². The summed E-state index contributed by atoms with van der Waals surface area (Å²) in [5.74, 6) is -0.177. The van der Waals surface area contributed by atoms with Crippen LogP contribution >= 0.6 is 0 Å². The van der Waals surface area contributed by atoms with Crippen molar-refractivity contribution in [3.63, 3.8) is 0 Å². The van der Waals surface area contributed by atoms with Gasteiger partial charge in [0.05, 0.1) is 17.9 Å². The molecule has 1 amide bonds. The zero-order valence-electron chi connectivity index (χ0n) is 14.7. The summed E-state index contributed by atoms with van der Waals surface area (Å²) in [6.45, 7) is 7.27. The molecule has 0 aliphatic carbocycles. The van der Waals surface area contributed by atoms with Crippen LogP contribution in [0.1, 0.15) is 40.9 Å². The fraction of sp³-hybridized carbons (Fsp3) is 0.412. The van der Waals surface area contributed by atoms with E-state index in [1.807, 2.05) is 48.5 Å². The van der Waals surface area contributed by atoms with Crippen LogP contribution in [0, 0.1) is 13.8 Å². The van der Waals surface area contributed by atoms with E-state index >= 15 is 0 Å². The number of aromatic amines is 1. The van der Waals surface area contributed by atoms with E-state index in [4.69, 9.17) is 0 Å². The van der Waals surface area contributed by atoms with Crippen LogP contribution in [0.4, 0.5) is 0 Å². The first-order chi connectivity index (χ1) is 12.0. The Morgan fingerprint density at radius 1 is 1.36 bits per heavy atom. The monoisotopic (exact) mass is 341 g/mol. The minimum atomic E-state index is -0.177. The minimum absolute atomic E-state index is 0.0351. The second kappa shape index (κ2) is 7.33. The highest BCUT2D eigenvalue weighted by Crippen LogP contribution is 2.07. The van der Waals surface area contributed by atoms with Gasteiger partial charge in [0.2, 0.25) is 0 Å². The van der Waals surface area contributed by atoms with Crippen LogP contribution in [0.3, 0.4) is 0 Å². The third-order valence-electron chi connectivity index (χ3n) is 4.01. The summed E-state index contributed by atoms with van der Waals surface area (Å²) in [7, 11) is 0. The fourth-order valence-corrected chi connectivity index (χ4v) is 2.68. The van der Waals surface area contributed by atoms with Gasteiger partial charge in [0.25, 0.3) is 5.91 Å². The molecule has 3 rings (SSSR count). The highest BCUT2D eigenvalue weighted by Gasteiger charge is 2.14. The van der Waals surface area contributed by atoms with E-state index in [0.29, 0.717) is 12.2 Å². The molecule has 3 heterocycles. The summed E-state index contributed by atoms with van der Waals surface area (Å²) in [5.41, 5.74) is 3.29. The lowest BCUT2D eigenvalue weighted by Crippen LogP contribution is -2.33. The molecule has 1 atom stereocenters. The molecule has 132 valence electrons. The van der Waals surface area contributed by atoms with Crippen LogP contribution < -0.4 is 5.32 Å². The van der Waals surface area contributed by atoms with E-state index < -0.39 is 0 Å². The molecule has 0 aliphatic rings. The molecule has 0 aromatic carbocycles. The zero-order valence-corrected chi connectivity index (χ0v) is 14.7. The molecule has 0 fully saturated rings. The lowest BCUT2D eigenvalue weighted by atomic mass is 10.2. The molecule has 8 nitrogen and oxygen atoms in total. The van der Waals surface area contributed by atoms with Crippen LogP contribution in [0.25, 0.3) is 0 Å². The maximum Gasteiger partial charge on any atom is 0.271 e. The SMILES string of the molecule is Cc1cc(C)n(Cc2cc(C(=O)N[C@@H](C)CCn3cccn3)n[nH]2)n1. The van der Waals surface area contributed by atoms with Gasteiger partial charge in [-0.05, 0) is 45.4 Å². The first-order valence-corrected chi connectivity index (χ1v) is 8.35. The maximum absolute atomic E-state index is 12.3. The van der Waals surface area contributed by atoms with Crippen molar-refractivity contribution in [1.29, 1.82) is 0 Å². The van der Waals surface area contributed by atoms with Gasteiger partial charge < -0.3 is 5.32 Å². The number of aromatic nitrogens is 6. The molecule has 3 aromatic heterocycles. The Balaban J connectivity index is 1.54. The van der Waals surface area contributed by atoms with Gasteiger partial charge >= 0.3 is 0 Å². The van der Waals surface area contributed by atoms with Crippen LogP contribution in [0.2, 0.25) is 0 Å². The van der Waals surface area contributed by atoms with Crippen LogP contribution in [-0.4, -0.2) is 41.7 Å². The molecule has 0 spiro atoms. The molecular weight excluding hydrogens is 318 g/mol.